The summed E-state index contributed by atoms with van der Waals surface area (Å²) in [7, 11) is -3.96. The second-order valence-corrected chi connectivity index (χ2v) is 20.2. The monoisotopic (exact) mass is 792 g/mol. The molecule has 1 amide bonds. The number of ether oxygens (including phenoxy) is 2. The van der Waals surface area contributed by atoms with E-state index >= 15 is 0 Å². The highest BCUT2D eigenvalue weighted by Crippen LogP contribution is 2.49. The molecule has 0 aromatic heterocycles. The fourth-order valence-corrected chi connectivity index (χ4v) is 12.2. The second kappa shape index (κ2) is 16.0. The molecule has 2 aromatic rings. The van der Waals surface area contributed by atoms with Crippen molar-refractivity contribution in [3.63, 3.8) is 0 Å². The summed E-state index contributed by atoms with van der Waals surface area (Å²) in [6.45, 7) is 13.9. The molecule has 55 heavy (non-hydrogen) atoms. The Balaban J connectivity index is 1.20. The number of fused-ring (bicyclic) bond motifs is 5. The van der Waals surface area contributed by atoms with Crippen LogP contribution in [-0.2, 0) is 26.6 Å². The van der Waals surface area contributed by atoms with Crippen molar-refractivity contribution in [1.82, 2.24) is 14.5 Å². The van der Waals surface area contributed by atoms with E-state index in [4.69, 9.17) is 21.1 Å². The molecule has 3 fully saturated rings. The highest BCUT2D eigenvalue weighted by molar-refractivity contribution is 7.90. The molecule has 7 atom stereocenters. The Morgan fingerprint density at radius 3 is 2.71 bits per heavy atom. The third-order valence-electron chi connectivity index (χ3n) is 14.2. The Morgan fingerprint density at radius 1 is 1.02 bits per heavy atom. The van der Waals surface area contributed by atoms with Gasteiger partial charge < -0.3 is 14.4 Å². The van der Waals surface area contributed by atoms with Gasteiger partial charge in [-0.2, -0.15) is 0 Å². The van der Waals surface area contributed by atoms with E-state index in [-0.39, 0.29) is 17.3 Å². The van der Waals surface area contributed by atoms with Gasteiger partial charge >= 0.3 is 0 Å². The van der Waals surface area contributed by atoms with Crippen LogP contribution in [0.25, 0.3) is 0 Å². The summed E-state index contributed by atoms with van der Waals surface area (Å²) in [5.41, 5.74) is 3.00. The molecule has 4 aliphatic heterocycles. The summed E-state index contributed by atoms with van der Waals surface area (Å²) in [6, 6.07) is 12.4. The van der Waals surface area contributed by atoms with Gasteiger partial charge in [-0.1, -0.05) is 50.1 Å². The summed E-state index contributed by atoms with van der Waals surface area (Å²) < 4.78 is 43.8. The van der Waals surface area contributed by atoms with E-state index in [2.05, 4.69) is 50.6 Å². The van der Waals surface area contributed by atoms with E-state index in [1.807, 2.05) is 25.1 Å². The fraction of sp³-hybridized carbons (Fsp3) is 0.659. The molecule has 11 heteroatoms. The number of rotatable bonds is 5. The molecular formula is C44H61ClN4O5S. The van der Waals surface area contributed by atoms with Crippen molar-refractivity contribution in [2.75, 3.05) is 63.9 Å². The molecule has 300 valence electrons. The molecule has 0 unspecified atom stereocenters. The molecule has 4 heterocycles. The number of piperidine rings is 1. The van der Waals surface area contributed by atoms with Gasteiger partial charge in [0.15, 0.2) is 0 Å². The maximum atomic E-state index is 13.7. The number of amides is 1. The number of sulfonamides is 1. The quantitative estimate of drug-likeness (QED) is 0.318. The molecule has 2 aliphatic carbocycles. The summed E-state index contributed by atoms with van der Waals surface area (Å²) in [4.78, 5) is 21.6. The maximum absolute atomic E-state index is 13.7. The number of halogens is 1. The van der Waals surface area contributed by atoms with Crippen LogP contribution in [0.1, 0.15) is 100 Å². The molecule has 2 saturated heterocycles. The van der Waals surface area contributed by atoms with E-state index in [0.29, 0.717) is 37.2 Å². The first-order chi connectivity index (χ1) is 26.5. The van der Waals surface area contributed by atoms with Crippen molar-refractivity contribution in [2.24, 2.45) is 17.8 Å². The molecule has 1 spiro atoms. The molecule has 6 aliphatic rings. The Kier molecular flexibility index (Phi) is 11.4. The summed E-state index contributed by atoms with van der Waals surface area (Å²) >= 11 is 6.54. The third kappa shape index (κ3) is 7.84. The predicted molar refractivity (Wildman–Crippen MR) is 220 cm³/mol. The molecule has 1 saturated carbocycles. The summed E-state index contributed by atoms with van der Waals surface area (Å²) in [5, 5.41) is -0.0113. The van der Waals surface area contributed by atoms with Gasteiger partial charge in [-0.3, -0.25) is 14.6 Å². The highest BCUT2D eigenvalue weighted by atomic mass is 35.5. The van der Waals surface area contributed by atoms with Gasteiger partial charge in [-0.25, -0.2) is 13.1 Å². The lowest BCUT2D eigenvalue weighted by molar-refractivity contribution is -0.119. The van der Waals surface area contributed by atoms with Crippen molar-refractivity contribution in [3.8, 4) is 5.75 Å². The van der Waals surface area contributed by atoms with Crippen LogP contribution in [0, 0.1) is 17.8 Å². The lowest BCUT2D eigenvalue weighted by Crippen LogP contribution is -2.61. The number of nitrogens with one attached hydrogen (secondary N) is 1. The third-order valence-corrected chi connectivity index (χ3v) is 16.3. The summed E-state index contributed by atoms with van der Waals surface area (Å²) in [6.07, 6.45) is 15.1. The van der Waals surface area contributed by atoms with Gasteiger partial charge in [-0.15, -0.1) is 0 Å². The van der Waals surface area contributed by atoms with Crippen LogP contribution in [-0.4, -0.2) is 100 Å². The van der Waals surface area contributed by atoms with Crippen molar-refractivity contribution in [2.45, 2.75) is 107 Å². The van der Waals surface area contributed by atoms with Crippen molar-refractivity contribution in [1.29, 1.82) is 0 Å². The van der Waals surface area contributed by atoms with Crippen LogP contribution in [0.3, 0.4) is 0 Å². The van der Waals surface area contributed by atoms with Crippen LogP contribution in [0.4, 0.5) is 5.69 Å². The van der Waals surface area contributed by atoms with Gasteiger partial charge in [0.05, 0.1) is 17.5 Å². The molecule has 2 aromatic carbocycles. The molecule has 9 nitrogen and oxygen atoms in total. The van der Waals surface area contributed by atoms with Crippen LogP contribution in [0.5, 0.6) is 5.75 Å². The Morgan fingerprint density at radius 2 is 1.89 bits per heavy atom. The average molecular weight is 794 g/mol. The molecular weight excluding hydrogens is 732 g/mol. The number of piperazine rings is 1. The van der Waals surface area contributed by atoms with Crippen molar-refractivity contribution < 1.29 is 22.7 Å². The van der Waals surface area contributed by atoms with Crippen LogP contribution in [0.15, 0.2) is 48.6 Å². The number of hydrogen-bond donors (Lipinski definition) is 1. The SMILES string of the molecule is CCCO[C@]1(CN2CCN3CCCC[C@@H]3C2)/C=C/C[C@H](C)[C@@H](C)S(=O)(=O)NC(=O)c2ccc3c(c2)N(C[C@@H]2CC[C@H]21)C[C@@]1(CCCc2cc(Cl)ccc21)CO3. The Hall–Kier alpha value is -2.63. The Labute approximate surface area is 334 Å². The van der Waals surface area contributed by atoms with Gasteiger partial charge in [0.1, 0.15) is 11.4 Å². The number of carbonyl (C=O) groups is 1. The van der Waals surface area contributed by atoms with Gasteiger partial charge in [0, 0.05) is 67.9 Å². The predicted octanol–water partition coefficient (Wildman–Crippen LogP) is 7.22. The number of nitrogens with zero attached hydrogens (tertiary/aromatic N) is 3. The van der Waals surface area contributed by atoms with Gasteiger partial charge in [0.2, 0.25) is 10.0 Å². The zero-order valence-corrected chi connectivity index (χ0v) is 34.7. The molecule has 8 rings (SSSR count). The zero-order chi connectivity index (χ0) is 38.4. The highest BCUT2D eigenvalue weighted by Gasteiger charge is 2.50. The number of aryl methyl sites for hydroxylation is 1. The maximum Gasteiger partial charge on any atom is 0.264 e. The smallest absolute Gasteiger partial charge is 0.264 e. The zero-order valence-electron chi connectivity index (χ0n) is 33.1. The van der Waals surface area contributed by atoms with E-state index in [1.54, 1.807) is 13.0 Å². The standard InChI is InChI=1S/C44H61ClN4O5S/c1-4-23-54-44(29-47-21-22-48-20-6-5-11-37(48)27-47)19-7-9-31(2)32(3)55(51,52)46-42(50)34-13-17-41-40(25-34)49(26-35-12-15-39(35)44)28-43(30-53-41)18-8-10-33-24-36(45)14-16-38(33)43/h7,13-14,16-17,19,24-25,31-32,35,37,39H,4-6,8-12,15,18,20-23,26-30H2,1-3H3,(H,46,50)/b19-7+/t31-,32+,35-,37+,39+,43-,44-/m0/s1. The number of anilines is 1. The fourth-order valence-electron chi connectivity index (χ4n) is 10.7. The second-order valence-electron chi connectivity index (χ2n) is 17.8. The van der Waals surface area contributed by atoms with E-state index in [9.17, 15) is 13.2 Å². The number of benzene rings is 2. The molecule has 1 N–H and O–H groups in total. The minimum absolute atomic E-state index is 0.207. The largest absolute Gasteiger partial charge is 0.490 e. The minimum Gasteiger partial charge on any atom is -0.490 e. The lowest BCUT2D eigenvalue weighted by atomic mass is 9.63. The van der Waals surface area contributed by atoms with Gasteiger partial charge in [0.25, 0.3) is 5.91 Å². The Bertz CT molecular complexity index is 1870. The molecule has 0 radical (unpaired) electrons. The first kappa shape index (κ1) is 39.2. The van der Waals surface area contributed by atoms with E-state index < -0.39 is 26.8 Å². The number of hydrogen-bond acceptors (Lipinski definition) is 8. The van der Waals surface area contributed by atoms with Crippen LogP contribution < -0.4 is 14.4 Å². The number of allylic oxidation sites excluding steroid dienone is 1. The molecule has 2 bridgehead atoms. The van der Waals surface area contributed by atoms with Crippen LogP contribution in [0.2, 0.25) is 5.02 Å². The first-order valence-electron chi connectivity index (χ1n) is 21.1. The van der Waals surface area contributed by atoms with Gasteiger partial charge in [-0.05, 0) is 130 Å². The summed E-state index contributed by atoms with van der Waals surface area (Å²) in [5.74, 6) is 0.566. The van der Waals surface area contributed by atoms with E-state index in [1.165, 1.54) is 36.9 Å². The topological polar surface area (TPSA) is 91.4 Å². The lowest BCUT2D eigenvalue weighted by Gasteiger charge is -2.53. The normalized spacial score (nSPS) is 34.6. The van der Waals surface area contributed by atoms with Crippen molar-refractivity contribution >= 4 is 33.2 Å². The average Bonchev–Trinajstić information content (AvgIpc) is 3.31. The van der Waals surface area contributed by atoms with E-state index in [0.717, 1.165) is 94.3 Å². The minimum atomic E-state index is -3.96. The first-order valence-corrected chi connectivity index (χ1v) is 23.1. The number of carbonyl (C=O) groups excluding carboxylic acids is 1. The van der Waals surface area contributed by atoms with Crippen LogP contribution >= 0.6 is 11.6 Å². The van der Waals surface area contributed by atoms with Crippen molar-refractivity contribution in [3.05, 3.63) is 70.3 Å².